The minimum Gasteiger partial charge on any atom is -0.399 e. The largest absolute Gasteiger partial charge is 0.399 e. The molecule has 0 bridgehead atoms. The van der Waals surface area contributed by atoms with Crippen LogP contribution in [0, 0.1) is 6.92 Å². The molecule has 4 heteroatoms. The van der Waals surface area contributed by atoms with E-state index in [0.717, 1.165) is 41.2 Å². The summed E-state index contributed by atoms with van der Waals surface area (Å²) in [4.78, 5) is 6.91. The van der Waals surface area contributed by atoms with E-state index in [-0.39, 0.29) is 0 Å². The number of rotatable bonds is 5. The lowest BCUT2D eigenvalue weighted by Gasteiger charge is -2.20. The SMILES string of the molecule is CCN(Cc1cc(N)cc(Br)c1)Cc1cccc(C)n1. The van der Waals surface area contributed by atoms with Crippen molar-refractivity contribution in [3.05, 3.63) is 57.8 Å². The van der Waals surface area contributed by atoms with E-state index in [1.165, 1.54) is 5.56 Å². The summed E-state index contributed by atoms with van der Waals surface area (Å²) in [6.45, 7) is 6.88. The minimum absolute atomic E-state index is 0.791. The van der Waals surface area contributed by atoms with Crippen molar-refractivity contribution in [2.45, 2.75) is 26.9 Å². The fourth-order valence-corrected chi connectivity index (χ4v) is 2.78. The van der Waals surface area contributed by atoms with Gasteiger partial charge in [0.05, 0.1) is 5.69 Å². The lowest BCUT2D eigenvalue weighted by molar-refractivity contribution is 0.268. The topological polar surface area (TPSA) is 42.1 Å². The smallest absolute Gasteiger partial charge is 0.0547 e. The number of pyridine rings is 1. The maximum atomic E-state index is 5.89. The zero-order valence-electron chi connectivity index (χ0n) is 11.9. The highest BCUT2D eigenvalue weighted by atomic mass is 79.9. The molecule has 0 aliphatic heterocycles. The molecule has 2 aromatic rings. The van der Waals surface area contributed by atoms with Gasteiger partial charge in [-0.15, -0.1) is 0 Å². The lowest BCUT2D eigenvalue weighted by Crippen LogP contribution is -2.23. The second-order valence-electron chi connectivity index (χ2n) is 4.97. The Kier molecular flexibility index (Phi) is 5.15. The Bertz CT molecular complexity index is 563. The van der Waals surface area contributed by atoms with Gasteiger partial charge in [0.25, 0.3) is 0 Å². The molecule has 2 rings (SSSR count). The highest BCUT2D eigenvalue weighted by molar-refractivity contribution is 9.10. The Hall–Kier alpha value is -1.39. The molecule has 0 aliphatic carbocycles. The first-order valence-electron chi connectivity index (χ1n) is 6.76. The molecule has 106 valence electrons. The van der Waals surface area contributed by atoms with Crippen molar-refractivity contribution < 1.29 is 0 Å². The summed E-state index contributed by atoms with van der Waals surface area (Å²) in [6, 6.07) is 12.2. The standard InChI is InChI=1S/C16H20BrN3/c1-3-20(11-16-6-4-5-12(2)19-16)10-13-7-14(17)9-15(18)8-13/h4-9H,3,10-11,18H2,1-2H3. The van der Waals surface area contributed by atoms with Crippen molar-refractivity contribution in [2.24, 2.45) is 0 Å². The number of hydrogen-bond acceptors (Lipinski definition) is 3. The Labute approximate surface area is 129 Å². The van der Waals surface area contributed by atoms with E-state index >= 15 is 0 Å². The third-order valence-electron chi connectivity index (χ3n) is 3.16. The number of aromatic nitrogens is 1. The fraction of sp³-hybridized carbons (Fsp3) is 0.312. The molecule has 0 aliphatic rings. The van der Waals surface area contributed by atoms with Crippen LogP contribution < -0.4 is 5.73 Å². The number of anilines is 1. The molecular weight excluding hydrogens is 314 g/mol. The maximum Gasteiger partial charge on any atom is 0.0547 e. The third-order valence-corrected chi connectivity index (χ3v) is 3.62. The van der Waals surface area contributed by atoms with Crippen molar-refractivity contribution in [3.63, 3.8) is 0 Å². The van der Waals surface area contributed by atoms with Gasteiger partial charge in [-0.1, -0.05) is 28.9 Å². The van der Waals surface area contributed by atoms with Gasteiger partial charge in [-0.25, -0.2) is 0 Å². The monoisotopic (exact) mass is 333 g/mol. The molecule has 3 nitrogen and oxygen atoms in total. The molecule has 20 heavy (non-hydrogen) atoms. The van der Waals surface area contributed by atoms with Crippen LogP contribution in [0.4, 0.5) is 5.69 Å². The third kappa shape index (κ3) is 4.32. The summed E-state index contributed by atoms with van der Waals surface area (Å²) in [6.07, 6.45) is 0. The number of nitrogen functional groups attached to an aromatic ring is 1. The van der Waals surface area contributed by atoms with Gasteiger partial charge < -0.3 is 5.73 Å². The van der Waals surface area contributed by atoms with Crippen LogP contribution in [-0.4, -0.2) is 16.4 Å². The second-order valence-corrected chi connectivity index (χ2v) is 5.88. The molecule has 2 N–H and O–H groups in total. The van der Waals surface area contributed by atoms with E-state index in [1.54, 1.807) is 0 Å². The van der Waals surface area contributed by atoms with Crippen LogP contribution in [0.2, 0.25) is 0 Å². The first kappa shape index (κ1) is 15.0. The van der Waals surface area contributed by atoms with Crippen molar-refractivity contribution in [1.29, 1.82) is 0 Å². The van der Waals surface area contributed by atoms with E-state index < -0.39 is 0 Å². The number of nitrogens with two attached hydrogens (primary N) is 1. The molecule has 0 fully saturated rings. The molecular formula is C16H20BrN3. The van der Waals surface area contributed by atoms with Gasteiger partial charge in [0.1, 0.15) is 0 Å². The summed E-state index contributed by atoms with van der Waals surface area (Å²) in [5, 5.41) is 0. The Morgan fingerprint density at radius 3 is 2.65 bits per heavy atom. The van der Waals surface area contributed by atoms with Gasteiger partial charge in [0.15, 0.2) is 0 Å². The van der Waals surface area contributed by atoms with E-state index in [2.05, 4.69) is 50.9 Å². The zero-order valence-corrected chi connectivity index (χ0v) is 13.5. The maximum absolute atomic E-state index is 5.89. The molecule has 0 saturated heterocycles. The van der Waals surface area contributed by atoms with Gasteiger partial charge in [-0.2, -0.15) is 0 Å². The van der Waals surface area contributed by atoms with Crippen LogP contribution >= 0.6 is 15.9 Å². The molecule has 1 aromatic carbocycles. The molecule has 0 radical (unpaired) electrons. The minimum atomic E-state index is 0.791. The number of benzene rings is 1. The van der Waals surface area contributed by atoms with E-state index in [4.69, 9.17) is 5.73 Å². The average molecular weight is 334 g/mol. The number of halogens is 1. The van der Waals surface area contributed by atoms with Gasteiger partial charge in [0, 0.05) is 28.9 Å². The van der Waals surface area contributed by atoms with Crippen LogP contribution in [0.1, 0.15) is 23.9 Å². The number of aryl methyl sites for hydroxylation is 1. The van der Waals surface area contributed by atoms with Crippen molar-refractivity contribution in [3.8, 4) is 0 Å². The van der Waals surface area contributed by atoms with Crippen LogP contribution in [0.5, 0.6) is 0 Å². The first-order valence-corrected chi connectivity index (χ1v) is 7.56. The van der Waals surface area contributed by atoms with E-state index in [9.17, 15) is 0 Å². The predicted molar refractivity (Wildman–Crippen MR) is 87.3 cm³/mol. The molecule has 0 spiro atoms. The molecule has 0 saturated carbocycles. The Morgan fingerprint density at radius 2 is 2.00 bits per heavy atom. The van der Waals surface area contributed by atoms with Crippen LogP contribution in [-0.2, 0) is 13.1 Å². The first-order chi connectivity index (χ1) is 9.56. The predicted octanol–water partition coefficient (Wildman–Crippen LogP) is 3.76. The summed E-state index contributed by atoms with van der Waals surface area (Å²) in [5.41, 5.74) is 10.1. The summed E-state index contributed by atoms with van der Waals surface area (Å²) < 4.78 is 1.03. The second kappa shape index (κ2) is 6.86. The zero-order chi connectivity index (χ0) is 14.5. The average Bonchev–Trinajstić information content (AvgIpc) is 2.36. The molecule has 1 aromatic heterocycles. The quantitative estimate of drug-likeness (QED) is 0.847. The number of hydrogen-bond donors (Lipinski definition) is 1. The Balaban J connectivity index is 2.09. The fourth-order valence-electron chi connectivity index (χ4n) is 2.22. The highest BCUT2D eigenvalue weighted by Gasteiger charge is 2.07. The van der Waals surface area contributed by atoms with Crippen LogP contribution in [0.25, 0.3) is 0 Å². The van der Waals surface area contributed by atoms with Crippen LogP contribution in [0.15, 0.2) is 40.9 Å². The normalized spacial score (nSPS) is 11.0. The van der Waals surface area contributed by atoms with Gasteiger partial charge in [-0.3, -0.25) is 9.88 Å². The lowest BCUT2D eigenvalue weighted by atomic mass is 10.2. The highest BCUT2D eigenvalue weighted by Crippen LogP contribution is 2.19. The van der Waals surface area contributed by atoms with Gasteiger partial charge in [-0.05, 0) is 49.4 Å². The summed E-state index contributed by atoms with van der Waals surface area (Å²) in [5.74, 6) is 0. The molecule has 0 amide bonds. The van der Waals surface area contributed by atoms with Crippen molar-refractivity contribution >= 4 is 21.6 Å². The van der Waals surface area contributed by atoms with E-state index in [0.29, 0.717) is 0 Å². The molecule has 1 heterocycles. The summed E-state index contributed by atoms with van der Waals surface area (Å²) in [7, 11) is 0. The van der Waals surface area contributed by atoms with Gasteiger partial charge in [0.2, 0.25) is 0 Å². The summed E-state index contributed by atoms with van der Waals surface area (Å²) >= 11 is 3.49. The van der Waals surface area contributed by atoms with Crippen LogP contribution in [0.3, 0.4) is 0 Å². The molecule has 0 unspecified atom stereocenters. The van der Waals surface area contributed by atoms with Crippen molar-refractivity contribution in [2.75, 3.05) is 12.3 Å². The number of nitrogens with zero attached hydrogens (tertiary/aromatic N) is 2. The molecule has 0 atom stereocenters. The van der Waals surface area contributed by atoms with E-state index in [1.807, 2.05) is 25.1 Å². The van der Waals surface area contributed by atoms with Gasteiger partial charge >= 0.3 is 0 Å². The Morgan fingerprint density at radius 1 is 1.20 bits per heavy atom. The van der Waals surface area contributed by atoms with Crippen molar-refractivity contribution in [1.82, 2.24) is 9.88 Å².